The van der Waals surface area contributed by atoms with Gasteiger partial charge in [-0.1, -0.05) is 0 Å². The fourth-order valence-electron chi connectivity index (χ4n) is 1.48. The number of carbonyl (C=O) groups excluding carboxylic acids is 1. The van der Waals surface area contributed by atoms with Crippen molar-refractivity contribution in [2.45, 2.75) is 6.92 Å². The first kappa shape index (κ1) is 16.0. The first-order valence-corrected chi connectivity index (χ1v) is 5.77. The van der Waals surface area contributed by atoms with Gasteiger partial charge in [0, 0.05) is 25.1 Å². The highest BCUT2D eigenvalue weighted by molar-refractivity contribution is 5.85. The molecule has 7 heteroatoms. The molecular formula is C13H15ClN2O4. The smallest absolute Gasteiger partial charge is 0.308 e. The number of benzene rings is 1. The SMILES string of the molecule is CC(=O)Oc1ccc(-c2cc(OCCN)no2)cc1.Cl. The number of rotatable bonds is 5. The van der Waals surface area contributed by atoms with E-state index in [4.69, 9.17) is 19.7 Å². The van der Waals surface area contributed by atoms with Crippen LogP contribution in [0.3, 0.4) is 0 Å². The number of nitrogens with zero attached hydrogens (tertiary/aromatic N) is 1. The second-order valence-corrected chi connectivity index (χ2v) is 3.78. The molecular weight excluding hydrogens is 284 g/mol. The summed E-state index contributed by atoms with van der Waals surface area (Å²) < 4.78 is 15.3. The van der Waals surface area contributed by atoms with Gasteiger partial charge in [0.2, 0.25) is 0 Å². The lowest BCUT2D eigenvalue weighted by atomic mass is 10.2. The Kier molecular flexibility index (Phi) is 6.02. The zero-order valence-electron chi connectivity index (χ0n) is 10.9. The minimum absolute atomic E-state index is 0. The number of ether oxygens (including phenoxy) is 2. The molecule has 0 spiro atoms. The van der Waals surface area contributed by atoms with Crippen molar-refractivity contribution in [1.29, 1.82) is 0 Å². The predicted octanol–water partition coefficient (Wildman–Crippen LogP) is 2.03. The first-order chi connectivity index (χ1) is 9.19. The fraction of sp³-hybridized carbons (Fsp3) is 0.231. The van der Waals surface area contributed by atoms with Crippen LogP contribution in [0, 0.1) is 0 Å². The van der Waals surface area contributed by atoms with Crippen LogP contribution in [0.1, 0.15) is 6.92 Å². The quantitative estimate of drug-likeness (QED) is 0.671. The number of esters is 1. The normalized spacial score (nSPS) is 9.70. The highest BCUT2D eigenvalue weighted by Crippen LogP contribution is 2.25. The topological polar surface area (TPSA) is 87.6 Å². The van der Waals surface area contributed by atoms with Crippen molar-refractivity contribution >= 4 is 18.4 Å². The number of nitrogens with two attached hydrogens (primary N) is 1. The van der Waals surface area contributed by atoms with Crippen LogP contribution in [0.4, 0.5) is 0 Å². The molecule has 6 nitrogen and oxygen atoms in total. The number of carbonyl (C=O) groups is 1. The number of hydrogen-bond acceptors (Lipinski definition) is 6. The van der Waals surface area contributed by atoms with E-state index in [1.807, 2.05) is 0 Å². The summed E-state index contributed by atoms with van der Waals surface area (Å²) in [5.74, 6) is 1.09. The Morgan fingerprint density at radius 1 is 1.35 bits per heavy atom. The van der Waals surface area contributed by atoms with E-state index in [1.165, 1.54) is 6.92 Å². The van der Waals surface area contributed by atoms with Gasteiger partial charge < -0.3 is 19.7 Å². The van der Waals surface area contributed by atoms with Gasteiger partial charge >= 0.3 is 5.97 Å². The molecule has 0 atom stereocenters. The Hall–Kier alpha value is -2.05. The van der Waals surface area contributed by atoms with E-state index in [1.54, 1.807) is 30.3 Å². The maximum absolute atomic E-state index is 10.8. The average Bonchev–Trinajstić information content (AvgIpc) is 2.85. The predicted molar refractivity (Wildman–Crippen MR) is 75.0 cm³/mol. The molecule has 108 valence electrons. The summed E-state index contributed by atoms with van der Waals surface area (Å²) in [5.41, 5.74) is 6.14. The zero-order valence-corrected chi connectivity index (χ0v) is 11.7. The van der Waals surface area contributed by atoms with E-state index >= 15 is 0 Å². The van der Waals surface area contributed by atoms with E-state index in [0.717, 1.165) is 5.56 Å². The Bertz CT molecular complexity index is 554. The lowest BCUT2D eigenvalue weighted by Crippen LogP contribution is -2.10. The Morgan fingerprint density at radius 3 is 2.65 bits per heavy atom. The van der Waals surface area contributed by atoms with Crippen molar-refractivity contribution in [3.63, 3.8) is 0 Å². The molecule has 1 heterocycles. The van der Waals surface area contributed by atoms with Gasteiger partial charge in [-0.05, 0) is 29.4 Å². The second-order valence-electron chi connectivity index (χ2n) is 3.78. The molecule has 2 N–H and O–H groups in total. The van der Waals surface area contributed by atoms with Crippen molar-refractivity contribution in [2.24, 2.45) is 5.73 Å². The highest BCUT2D eigenvalue weighted by atomic mass is 35.5. The van der Waals surface area contributed by atoms with E-state index < -0.39 is 0 Å². The summed E-state index contributed by atoms with van der Waals surface area (Å²) in [6.45, 7) is 2.15. The third-order valence-corrected chi connectivity index (χ3v) is 2.26. The molecule has 0 aliphatic rings. The molecule has 2 rings (SSSR count). The fourth-order valence-corrected chi connectivity index (χ4v) is 1.48. The summed E-state index contributed by atoms with van der Waals surface area (Å²) in [4.78, 5) is 10.8. The van der Waals surface area contributed by atoms with Crippen LogP contribution >= 0.6 is 12.4 Å². The van der Waals surface area contributed by atoms with Gasteiger partial charge in [-0.25, -0.2) is 0 Å². The number of halogens is 1. The minimum Gasteiger partial charge on any atom is -0.474 e. The van der Waals surface area contributed by atoms with Crippen molar-refractivity contribution < 1.29 is 18.8 Å². The van der Waals surface area contributed by atoms with E-state index in [0.29, 0.717) is 30.5 Å². The van der Waals surface area contributed by atoms with E-state index in [9.17, 15) is 4.79 Å². The van der Waals surface area contributed by atoms with Gasteiger partial charge in [0.25, 0.3) is 5.88 Å². The largest absolute Gasteiger partial charge is 0.474 e. The molecule has 0 unspecified atom stereocenters. The number of hydrogen-bond donors (Lipinski definition) is 1. The van der Waals surface area contributed by atoms with Crippen molar-refractivity contribution in [2.75, 3.05) is 13.2 Å². The zero-order chi connectivity index (χ0) is 13.7. The molecule has 0 fully saturated rings. The van der Waals surface area contributed by atoms with Gasteiger partial charge in [-0.3, -0.25) is 4.79 Å². The Balaban J connectivity index is 0.00000200. The second kappa shape index (κ2) is 7.52. The summed E-state index contributed by atoms with van der Waals surface area (Å²) in [6, 6.07) is 8.58. The van der Waals surface area contributed by atoms with E-state index in [2.05, 4.69) is 5.16 Å². The van der Waals surface area contributed by atoms with Gasteiger partial charge in [0.15, 0.2) is 5.76 Å². The Morgan fingerprint density at radius 2 is 2.05 bits per heavy atom. The van der Waals surface area contributed by atoms with Gasteiger partial charge in [0.05, 0.1) is 0 Å². The number of aromatic nitrogens is 1. The molecule has 0 amide bonds. The van der Waals surface area contributed by atoms with Gasteiger partial charge in [0.1, 0.15) is 12.4 Å². The minimum atomic E-state index is -0.357. The first-order valence-electron chi connectivity index (χ1n) is 5.77. The summed E-state index contributed by atoms with van der Waals surface area (Å²) in [7, 11) is 0. The van der Waals surface area contributed by atoms with Gasteiger partial charge in [-0.2, -0.15) is 0 Å². The lowest BCUT2D eigenvalue weighted by Gasteiger charge is -2.01. The third kappa shape index (κ3) is 4.25. The van der Waals surface area contributed by atoms with Crippen LogP contribution in [0.15, 0.2) is 34.9 Å². The van der Waals surface area contributed by atoms with Crippen molar-refractivity contribution in [3.8, 4) is 23.0 Å². The van der Waals surface area contributed by atoms with Crippen LogP contribution in [-0.4, -0.2) is 24.3 Å². The molecule has 0 aliphatic heterocycles. The summed E-state index contributed by atoms with van der Waals surface area (Å²) in [5, 5.41) is 3.76. The molecule has 20 heavy (non-hydrogen) atoms. The molecule has 1 aromatic heterocycles. The van der Waals surface area contributed by atoms with Crippen molar-refractivity contribution in [3.05, 3.63) is 30.3 Å². The van der Waals surface area contributed by atoms with E-state index in [-0.39, 0.29) is 18.4 Å². The summed E-state index contributed by atoms with van der Waals surface area (Å²) >= 11 is 0. The van der Waals surface area contributed by atoms with Crippen LogP contribution in [0.2, 0.25) is 0 Å². The van der Waals surface area contributed by atoms with Crippen LogP contribution < -0.4 is 15.2 Å². The van der Waals surface area contributed by atoms with Crippen LogP contribution in [-0.2, 0) is 4.79 Å². The molecule has 0 radical (unpaired) electrons. The van der Waals surface area contributed by atoms with Crippen LogP contribution in [0.25, 0.3) is 11.3 Å². The molecule has 1 aromatic carbocycles. The van der Waals surface area contributed by atoms with Crippen molar-refractivity contribution in [1.82, 2.24) is 5.16 Å². The molecule has 0 saturated heterocycles. The molecule has 0 aliphatic carbocycles. The maximum atomic E-state index is 10.8. The molecule has 2 aromatic rings. The van der Waals surface area contributed by atoms with Gasteiger partial charge in [-0.15, -0.1) is 12.4 Å². The Labute approximate surface area is 122 Å². The third-order valence-electron chi connectivity index (χ3n) is 2.26. The van der Waals surface area contributed by atoms with Crippen LogP contribution in [0.5, 0.6) is 11.6 Å². The molecule has 0 bridgehead atoms. The molecule has 0 saturated carbocycles. The lowest BCUT2D eigenvalue weighted by molar-refractivity contribution is -0.131. The monoisotopic (exact) mass is 298 g/mol. The highest BCUT2D eigenvalue weighted by Gasteiger charge is 2.08. The maximum Gasteiger partial charge on any atom is 0.308 e. The summed E-state index contributed by atoms with van der Waals surface area (Å²) in [6.07, 6.45) is 0. The average molecular weight is 299 g/mol. The standard InChI is InChI=1S/C13H14N2O4.ClH/c1-9(16)18-11-4-2-10(3-5-11)12-8-13(15-19-12)17-7-6-14;/h2-5,8H,6-7,14H2,1H3;1H.